The molecule has 0 aliphatic heterocycles. The van der Waals surface area contributed by atoms with Crippen LogP contribution in [0.2, 0.25) is 0 Å². The highest BCUT2D eigenvalue weighted by Crippen LogP contribution is 2.33. The number of hydrogen-bond acceptors (Lipinski definition) is 4. The highest BCUT2D eigenvalue weighted by Gasteiger charge is 2.18. The molecule has 1 aromatic heterocycles. The van der Waals surface area contributed by atoms with Crippen molar-refractivity contribution < 1.29 is 23.0 Å². The predicted octanol–water partition coefficient (Wildman–Crippen LogP) is 4.49. The average molecular weight is 353 g/mol. The number of alkyl halides is 2. The van der Waals surface area contributed by atoms with Gasteiger partial charge in [-0.05, 0) is 49.4 Å². The second-order valence-corrected chi connectivity index (χ2v) is 6.60. The Balaban J connectivity index is 1.77. The first-order valence-electron chi connectivity index (χ1n) is 7.62. The number of rotatable bonds is 5. The van der Waals surface area contributed by atoms with E-state index in [0.717, 1.165) is 25.7 Å². The van der Waals surface area contributed by atoms with E-state index in [4.69, 9.17) is 4.74 Å². The molecule has 24 heavy (non-hydrogen) atoms. The molecule has 0 radical (unpaired) electrons. The molecule has 1 N–H and O–H groups in total. The second kappa shape index (κ2) is 7.17. The number of thiophene rings is 1. The number of hydrogen-bond donors (Lipinski definition) is 1. The van der Waals surface area contributed by atoms with E-state index in [9.17, 15) is 13.6 Å². The number of carbonyl (C=O) groups excluding carboxylic acids is 1. The Morgan fingerprint density at radius 3 is 2.71 bits per heavy atom. The van der Waals surface area contributed by atoms with Crippen LogP contribution in [0.3, 0.4) is 0 Å². The van der Waals surface area contributed by atoms with Gasteiger partial charge in [-0.15, -0.1) is 11.3 Å². The van der Waals surface area contributed by atoms with E-state index in [-0.39, 0.29) is 17.4 Å². The number of nitrogens with one attached hydrogen (secondary N) is 1. The van der Waals surface area contributed by atoms with E-state index < -0.39 is 6.61 Å². The van der Waals surface area contributed by atoms with Gasteiger partial charge in [0.05, 0.1) is 12.0 Å². The molecule has 1 aliphatic carbocycles. The summed E-state index contributed by atoms with van der Waals surface area (Å²) in [4.78, 5) is 14.3. The van der Waals surface area contributed by atoms with Gasteiger partial charge in [-0.2, -0.15) is 8.78 Å². The summed E-state index contributed by atoms with van der Waals surface area (Å²) in [5, 5.41) is 2.72. The van der Waals surface area contributed by atoms with Crippen LogP contribution in [-0.2, 0) is 12.8 Å². The maximum atomic E-state index is 12.5. The van der Waals surface area contributed by atoms with Crippen LogP contribution in [0.25, 0.3) is 0 Å². The van der Waals surface area contributed by atoms with Gasteiger partial charge < -0.3 is 14.8 Å². The molecule has 0 saturated heterocycles. The number of benzene rings is 1. The van der Waals surface area contributed by atoms with E-state index in [1.807, 2.05) is 6.07 Å². The van der Waals surface area contributed by atoms with Crippen molar-refractivity contribution in [2.24, 2.45) is 0 Å². The molecule has 128 valence electrons. The summed E-state index contributed by atoms with van der Waals surface area (Å²) >= 11 is 1.50. The van der Waals surface area contributed by atoms with E-state index >= 15 is 0 Å². The highest BCUT2D eigenvalue weighted by molar-refractivity contribution is 7.14. The number of ether oxygens (including phenoxy) is 2. The van der Waals surface area contributed by atoms with Crippen LogP contribution < -0.4 is 14.8 Å². The van der Waals surface area contributed by atoms with E-state index in [1.54, 1.807) is 6.07 Å². The molecule has 0 bridgehead atoms. The number of halogens is 2. The SMILES string of the molecule is COc1ccc(NC(=O)c2cc3c(s2)CCCC3)cc1OC(F)F. The number of methoxy groups -OCH3 is 1. The Morgan fingerprint density at radius 1 is 1.21 bits per heavy atom. The highest BCUT2D eigenvalue weighted by atomic mass is 32.1. The van der Waals surface area contributed by atoms with Gasteiger partial charge in [0.15, 0.2) is 11.5 Å². The molecular formula is C17H17F2NO3S. The first-order chi connectivity index (χ1) is 11.6. The van der Waals surface area contributed by atoms with E-state index in [2.05, 4.69) is 10.1 Å². The molecule has 2 aromatic rings. The lowest BCUT2D eigenvalue weighted by atomic mass is 9.99. The lowest BCUT2D eigenvalue weighted by Gasteiger charge is -2.12. The van der Waals surface area contributed by atoms with Crippen LogP contribution in [0.1, 0.15) is 33.0 Å². The van der Waals surface area contributed by atoms with Crippen molar-refractivity contribution >= 4 is 22.9 Å². The number of anilines is 1. The number of fused-ring (bicyclic) bond motifs is 1. The fourth-order valence-corrected chi connectivity index (χ4v) is 3.89. The summed E-state index contributed by atoms with van der Waals surface area (Å²) in [5.41, 5.74) is 1.62. The van der Waals surface area contributed by atoms with Crippen molar-refractivity contribution in [1.82, 2.24) is 0 Å². The summed E-state index contributed by atoms with van der Waals surface area (Å²) < 4.78 is 34.3. The van der Waals surface area contributed by atoms with Crippen molar-refractivity contribution in [3.05, 3.63) is 39.6 Å². The Morgan fingerprint density at radius 2 is 2.00 bits per heavy atom. The maximum absolute atomic E-state index is 12.5. The molecular weight excluding hydrogens is 336 g/mol. The third-order valence-electron chi connectivity index (χ3n) is 3.86. The van der Waals surface area contributed by atoms with Crippen LogP contribution >= 0.6 is 11.3 Å². The molecule has 0 fully saturated rings. The zero-order valence-electron chi connectivity index (χ0n) is 13.1. The van der Waals surface area contributed by atoms with Gasteiger partial charge in [0.25, 0.3) is 5.91 Å². The van der Waals surface area contributed by atoms with E-state index in [1.165, 1.54) is 41.0 Å². The normalized spacial score (nSPS) is 13.5. The van der Waals surface area contributed by atoms with Gasteiger partial charge in [-0.25, -0.2) is 0 Å². The quantitative estimate of drug-likeness (QED) is 0.862. The minimum absolute atomic E-state index is 0.115. The average Bonchev–Trinajstić information content (AvgIpc) is 2.99. The maximum Gasteiger partial charge on any atom is 0.387 e. The van der Waals surface area contributed by atoms with Gasteiger partial charge in [0, 0.05) is 16.6 Å². The molecule has 1 aromatic carbocycles. The molecule has 0 atom stereocenters. The van der Waals surface area contributed by atoms with Gasteiger partial charge >= 0.3 is 6.61 Å². The topological polar surface area (TPSA) is 47.6 Å². The number of carbonyl (C=O) groups is 1. The van der Waals surface area contributed by atoms with Crippen LogP contribution in [0.15, 0.2) is 24.3 Å². The summed E-state index contributed by atoms with van der Waals surface area (Å²) in [6.45, 7) is -2.96. The Hall–Kier alpha value is -2.15. The Bertz CT molecular complexity index is 722. The molecule has 3 rings (SSSR count). The molecule has 7 heteroatoms. The molecule has 1 amide bonds. The van der Waals surface area contributed by atoms with Crippen molar-refractivity contribution in [2.45, 2.75) is 32.3 Å². The third kappa shape index (κ3) is 3.67. The number of aryl methyl sites for hydroxylation is 2. The van der Waals surface area contributed by atoms with Crippen LogP contribution in [-0.4, -0.2) is 19.6 Å². The molecule has 0 saturated carbocycles. The minimum atomic E-state index is -2.96. The lowest BCUT2D eigenvalue weighted by Crippen LogP contribution is -2.11. The summed E-state index contributed by atoms with van der Waals surface area (Å²) in [7, 11) is 1.36. The second-order valence-electron chi connectivity index (χ2n) is 5.46. The van der Waals surface area contributed by atoms with Crippen molar-refractivity contribution in [1.29, 1.82) is 0 Å². The van der Waals surface area contributed by atoms with Crippen LogP contribution in [0.5, 0.6) is 11.5 Å². The lowest BCUT2D eigenvalue weighted by molar-refractivity contribution is -0.0511. The zero-order valence-corrected chi connectivity index (χ0v) is 13.9. The van der Waals surface area contributed by atoms with Gasteiger partial charge in [-0.1, -0.05) is 0 Å². The van der Waals surface area contributed by atoms with Crippen molar-refractivity contribution in [3.63, 3.8) is 0 Å². The molecule has 1 heterocycles. The minimum Gasteiger partial charge on any atom is -0.493 e. The Kier molecular flexibility index (Phi) is 4.99. The number of amides is 1. The third-order valence-corrected chi connectivity index (χ3v) is 5.09. The molecule has 0 unspecified atom stereocenters. The van der Waals surface area contributed by atoms with Gasteiger partial charge in [0.2, 0.25) is 0 Å². The van der Waals surface area contributed by atoms with Gasteiger partial charge in [-0.3, -0.25) is 4.79 Å². The zero-order chi connectivity index (χ0) is 17.1. The largest absolute Gasteiger partial charge is 0.493 e. The predicted molar refractivity (Wildman–Crippen MR) is 88.5 cm³/mol. The molecule has 4 nitrogen and oxygen atoms in total. The van der Waals surface area contributed by atoms with Crippen LogP contribution in [0, 0.1) is 0 Å². The first kappa shape index (κ1) is 16.7. The first-order valence-corrected chi connectivity index (χ1v) is 8.44. The Labute approximate surface area is 142 Å². The standard InChI is InChI=1S/C17H17F2NO3S/c1-22-12-7-6-11(9-13(12)23-17(18)19)20-16(21)15-8-10-4-2-3-5-14(10)24-15/h6-9,17H,2-5H2,1H3,(H,20,21). The van der Waals surface area contributed by atoms with Gasteiger partial charge in [0.1, 0.15) is 0 Å². The fourth-order valence-electron chi connectivity index (χ4n) is 2.74. The van der Waals surface area contributed by atoms with Crippen molar-refractivity contribution in [2.75, 3.05) is 12.4 Å². The summed E-state index contributed by atoms with van der Waals surface area (Å²) in [6, 6.07) is 6.32. The molecule has 1 aliphatic rings. The summed E-state index contributed by atoms with van der Waals surface area (Å²) in [5.74, 6) is -0.182. The summed E-state index contributed by atoms with van der Waals surface area (Å²) in [6.07, 6.45) is 4.33. The smallest absolute Gasteiger partial charge is 0.387 e. The van der Waals surface area contributed by atoms with Crippen LogP contribution in [0.4, 0.5) is 14.5 Å². The monoisotopic (exact) mass is 353 g/mol. The van der Waals surface area contributed by atoms with Crippen molar-refractivity contribution in [3.8, 4) is 11.5 Å². The molecule has 0 spiro atoms. The van der Waals surface area contributed by atoms with E-state index in [0.29, 0.717) is 10.6 Å². The fraction of sp³-hybridized carbons (Fsp3) is 0.353.